The number of aliphatic carboxylic acids is 2. The van der Waals surface area contributed by atoms with Gasteiger partial charge in [-0.2, -0.15) is 0 Å². The molecule has 2 amide bonds. The summed E-state index contributed by atoms with van der Waals surface area (Å²) in [4.78, 5) is 50.9. The molecular weight excluding hydrogens is 536 g/mol. The molecular formula is C27H34N6O8. The monoisotopic (exact) mass is 570 g/mol. The number of benzene rings is 2. The Kier molecular flexibility index (Phi) is 10.9. The van der Waals surface area contributed by atoms with Crippen molar-refractivity contribution in [3.8, 4) is 5.75 Å². The van der Waals surface area contributed by atoms with Crippen molar-refractivity contribution >= 4 is 40.7 Å². The Balaban J connectivity index is 0.000000507. The molecule has 0 bridgehead atoms. The van der Waals surface area contributed by atoms with Gasteiger partial charge in [0.15, 0.2) is 0 Å². The minimum Gasteiger partial charge on any atom is -0.495 e. The van der Waals surface area contributed by atoms with Gasteiger partial charge in [0.05, 0.1) is 17.7 Å². The number of hydrogen-bond acceptors (Lipinski definition) is 9. The van der Waals surface area contributed by atoms with Crippen LogP contribution in [0.2, 0.25) is 0 Å². The van der Waals surface area contributed by atoms with E-state index in [1.165, 1.54) is 12.1 Å². The summed E-state index contributed by atoms with van der Waals surface area (Å²) in [6, 6.07) is 12.1. The Hall–Kier alpha value is -4.85. The number of likely N-dealkylation sites (N-methyl/N-ethyl adjacent to an activating group) is 1. The third kappa shape index (κ3) is 9.10. The van der Waals surface area contributed by atoms with Gasteiger partial charge in [-0.1, -0.05) is 0 Å². The second kappa shape index (κ2) is 14.5. The number of nitrogens with one attached hydrogen (secondary N) is 1. The number of anilines is 3. The molecule has 0 aliphatic carbocycles. The van der Waals surface area contributed by atoms with Crippen molar-refractivity contribution in [2.45, 2.75) is 0 Å². The average Bonchev–Trinajstić information content (AvgIpc) is 2.97. The van der Waals surface area contributed by atoms with E-state index in [0.717, 1.165) is 49.0 Å². The lowest BCUT2D eigenvalue weighted by atomic mass is 10.2. The standard InChI is InChI=1S/C23H30N6O4.C4H4O4/c1-25-9-11-27(12-10-25)21-17-18(3-8-22(21)33-2)24-23(30)28-15-13-26(14-16-28)19-4-6-20(7-5-19)29(31)32;5-3(6)1-2-4(7)8/h3-8,17H,9-16H2,1-2H3,(H,24,30);1-2H,(H,5,6)(H,7,8)/b;2-1+. The molecule has 0 radical (unpaired) electrons. The molecule has 14 heteroatoms. The zero-order valence-electron chi connectivity index (χ0n) is 22.9. The molecule has 2 saturated heterocycles. The molecule has 3 N–H and O–H groups in total. The highest BCUT2D eigenvalue weighted by Crippen LogP contribution is 2.32. The van der Waals surface area contributed by atoms with Crippen LogP contribution >= 0.6 is 0 Å². The number of carboxylic acids is 2. The molecule has 220 valence electrons. The van der Waals surface area contributed by atoms with E-state index in [1.807, 2.05) is 18.2 Å². The minimum absolute atomic E-state index is 0.0761. The number of nitro groups is 1. The van der Waals surface area contributed by atoms with Crippen molar-refractivity contribution in [2.24, 2.45) is 0 Å². The maximum absolute atomic E-state index is 12.9. The second-order valence-electron chi connectivity index (χ2n) is 9.36. The molecule has 4 rings (SSSR count). The number of hydrogen-bond donors (Lipinski definition) is 3. The molecule has 2 heterocycles. The fourth-order valence-corrected chi connectivity index (χ4v) is 4.36. The zero-order valence-corrected chi connectivity index (χ0v) is 22.9. The Labute approximate surface area is 237 Å². The van der Waals surface area contributed by atoms with Gasteiger partial charge in [0.2, 0.25) is 0 Å². The summed E-state index contributed by atoms with van der Waals surface area (Å²) >= 11 is 0. The third-order valence-electron chi connectivity index (χ3n) is 6.64. The van der Waals surface area contributed by atoms with Crippen LogP contribution in [0.15, 0.2) is 54.6 Å². The molecule has 0 spiro atoms. The topological polar surface area (TPSA) is 169 Å². The van der Waals surface area contributed by atoms with Gasteiger partial charge in [0, 0.05) is 88.0 Å². The summed E-state index contributed by atoms with van der Waals surface area (Å²) in [5.41, 5.74) is 2.73. The quantitative estimate of drug-likeness (QED) is 0.254. The molecule has 2 fully saturated rings. The van der Waals surface area contributed by atoms with Crippen LogP contribution < -0.4 is 19.9 Å². The van der Waals surface area contributed by atoms with Gasteiger partial charge in [0.1, 0.15) is 5.75 Å². The van der Waals surface area contributed by atoms with Gasteiger partial charge < -0.3 is 39.9 Å². The number of carboxylic acid groups (broad SMARTS) is 2. The largest absolute Gasteiger partial charge is 0.495 e. The lowest BCUT2D eigenvalue weighted by Crippen LogP contribution is -2.50. The van der Waals surface area contributed by atoms with E-state index in [1.54, 1.807) is 24.1 Å². The number of urea groups is 1. The number of nitro benzene ring substituents is 1. The fourth-order valence-electron chi connectivity index (χ4n) is 4.36. The van der Waals surface area contributed by atoms with Crippen molar-refractivity contribution in [3.63, 3.8) is 0 Å². The molecule has 14 nitrogen and oxygen atoms in total. The van der Waals surface area contributed by atoms with E-state index in [4.69, 9.17) is 14.9 Å². The van der Waals surface area contributed by atoms with E-state index in [9.17, 15) is 24.5 Å². The van der Waals surface area contributed by atoms with Crippen molar-refractivity contribution in [1.29, 1.82) is 0 Å². The number of carbonyl (C=O) groups is 3. The number of amides is 2. The maximum Gasteiger partial charge on any atom is 0.328 e. The Morgan fingerprint density at radius 2 is 1.44 bits per heavy atom. The highest BCUT2D eigenvalue weighted by Gasteiger charge is 2.23. The molecule has 2 aliphatic rings. The first-order valence-corrected chi connectivity index (χ1v) is 12.9. The van der Waals surface area contributed by atoms with Crippen LogP contribution in [-0.2, 0) is 9.59 Å². The third-order valence-corrected chi connectivity index (χ3v) is 6.64. The van der Waals surface area contributed by atoms with Gasteiger partial charge in [-0.15, -0.1) is 0 Å². The number of ether oxygens (including phenoxy) is 1. The van der Waals surface area contributed by atoms with Gasteiger partial charge in [-0.3, -0.25) is 10.1 Å². The van der Waals surface area contributed by atoms with E-state index < -0.39 is 16.9 Å². The highest BCUT2D eigenvalue weighted by molar-refractivity contribution is 5.91. The van der Waals surface area contributed by atoms with Crippen LogP contribution in [0.25, 0.3) is 0 Å². The predicted molar refractivity (Wildman–Crippen MR) is 153 cm³/mol. The molecule has 41 heavy (non-hydrogen) atoms. The van der Waals surface area contributed by atoms with E-state index in [0.29, 0.717) is 38.3 Å². The number of methoxy groups -OCH3 is 1. The first-order valence-electron chi connectivity index (χ1n) is 12.9. The molecule has 0 saturated carbocycles. The van der Waals surface area contributed by atoms with E-state index >= 15 is 0 Å². The molecule has 0 unspecified atom stereocenters. The van der Waals surface area contributed by atoms with Crippen LogP contribution in [0.3, 0.4) is 0 Å². The normalized spacial score (nSPS) is 15.6. The molecule has 0 atom stereocenters. The van der Waals surface area contributed by atoms with E-state index in [-0.39, 0.29) is 11.7 Å². The molecule has 0 aromatic heterocycles. The summed E-state index contributed by atoms with van der Waals surface area (Å²) in [6.07, 6.45) is 1.12. The van der Waals surface area contributed by atoms with Gasteiger partial charge >= 0.3 is 18.0 Å². The van der Waals surface area contributed by atoms with Gasteiger partial charge in [-0.05, 0) is 37.4 Å². The number of non-ortho nitro benzene ring substituents is 1. The van der Waals surface area contributed by atoms with Crippen molar-refractivity contribution in [3.05, 3.63) is 64.7 Å². The van der Waals surface area contributed by atoms with Gasteiger partial charge in [0.25, 0.3) is 5.69 Å². The first kappa shape index (κ1) is 30.7. The Morgan fingerprint density at radius 1 is 0.878 bits per heavy atom. The summed E-state index contributed by atoms with van der Waals surface area (Å²) in [5, 5.41) is 29.5. The van der Waals surface area contributed by atoms with Gasteiger partial charge in [-0.25, -0.2) is 14.4 Å². The summed E-state index contributed by atoms with van der Waals surface area (Å²) in [5.74, 6) is -1.71. The molecule has 2 aliphatic heterocycles. The summed E-state index contributed by atoms with van der Waals surface area (Å²) in [7, 11) is 3.78. The van der Waals surface area contributed by atoms with Crippen molar-refractivity contribution in [2.75, 3.05) is 81.6 Å². The Morgan fingerprint density at radius 3 is 1.95 bits per heavy atom. The zero-order chi connectivity index (χ0) is 29.9. The lowest BCUT2D eigenvalue weighted by molar-refractivity contribution is -0.384. The molecule has 2 aromatic rings. The number of rotatable bonds is 7. The van der Waals surface area contributed by atoms with Crippen LogP contribution in [0.1, 0.15) is 0 Å². The van der Waals surface area contributed by atoms with Crippen LogP contribution in [0.4, 0.5) is 27.5 Å². The SMILES string of the molecule is COc1ccc(NC(=O)N2CCN(c3ccc([N+](=O)[O-])cc3)CC2)cc1N1CCN(C)CC1.O=C(O)/C=C/C(=O)O. The number of carbonyl (C=O) groups excluding carboxylic acids is 1. The van der Waals surface area contributed by atoms with E-state index in [2.05, 4.69) is 27.1 Å². The predicted octanol–water partition coefficient (Wildman–Crippen LogP) is 2.42. The highest BCUT2D eigenvalue weighted by atomic mass is 16.6. The van der Waals surface area contributed by atoms with Crippen molar-refractivity contribution in [1.82, 2.24) is 9.80 Å². The smallest absolute Gasteiger partial charge is 0.328 e. The maximum atomic E-state index is 12.9. The van der Waals surface area contributed by atoms with Crippen LogP contribution in [0, 0.1) is 10.1 Å². The first-order chi connectivity index (χ1) is 19.6. The number of piperazine rings is 2. The van der Waals surface area contributed by atoms with Crippen LogP contribution in [0.5, 0.6) is 5.75 Å². The molecule has 2 aromatic carbocycles. The Bertz CT molecular complexity index is 1240. The summed E-state index contributed by atoms with van der Waals surface area (Å²) < 4.78 is 5.55. The fraction of sp³-hybridized carbons (Fsp3) is 0.370. The van der Waals surface area contributed by atoms with Crippen molar-refractivity contribution < 1.29 is 34.3 Å². The minimum atomic E-state index is -1.26. The number of nitrogens with zero attached hydrogens (tertiary/aromatic N) is 5. The van der Waals surface area contributed by atoms with Crippen LogP contribution in [-0.4, -0.2) is 109 Å². The lowest BCUT2D eigenvalue weighted by Gasteiger charge is -2.36. The second-order valence-corrected chi connectivity index (χ2v) is 9.36. The average molecular weight is 571 g/mol. The summed E-state index contributed by atoms with van der Waals surface area (Å²) in [6.45, 7) is 6.27.